The Morgan fingerprint density at radius 1 is 1.29 bits per heavy atom. The van der Waals surface area contributed by atoms with Crippen molar-refractivity contribution in [1.29, 1.82) is 0 Å². The number of aryl methyl sites for hydroxylation is 1. The smallest absolute Gasteiger partial charge is 0.320 e. The van der Waals surface area contributed by atoms with Gasteiger partial charge in [-0.1, -0.05) is 6.07 Å². The van der Waals surface area contributed by atoms with Gasteiger partial charge in [0.1, 0.15) is 11.7 Å². The van der Waals surface area contributed by atoms with Gasteiger partial charge < -0.3 is 9.47 Å². The Balaban J connectivity index is 2.48. The molecule has 0 spiro atoms. The molecule has 0 fully saturated rings. The number of benzene rings is 1. The maximum absolute atomic E-state index is 11.8. The maximum atomic E-state index is 11.8. The normalized spacial score (nSPS) is 18.5. The van der Waals surface area contributed by atoms with Crippen molar-refractivity contribution >= 4 is 11.8 Å². The van der Waals surface area contributed by atoms with E-state index in [1.54, 1.807) is 13.2 Å². The van der Waals surface area contributed by atoms with Gasteiger partial charge in [0.25, 0.3) is 0 Å². The van der Waals surface area contributed by atoms with Crippen LogP contribution in [-0.2, 0) is 20.7 Å². The van der Waals surface area contributed by atoms with Gasteiger partial charge in [0, 0.05) is 6.42 Å². The van der Waals surface area contributed by atoms with E-state index in [1.807, 2.05) is 12.1 Å². The number of rotatable bonds is 2. The van der Waals surface area contributed by atoms with Crippen molar-refractivity contribution in [1.82, 2.24) is 0 Å². The van der Waals surface area contributed by atoms with Gasteiger partial charge in [0.05, 0.1) is 14.2 Å². The van der Waals surface area contributed by atoms with E-state index in [4.69, 9.17) is 4.74 Å². The maximum Gasteiger partial charge on any atom is 0.320 e. The second-order valence-electron chi connectivity index (χ2n) is 3.99. The zero-order valence-electron chi connectivity index (χ0n) is 9.86. The van der Waals surface area contributed by atoms with Crippen LogP contribution in [0.1, 0.15) is 23.5 Å². The first-order valence-corrected chi connectivity index (χ1v) is 5.44. The number of ether oxygens (including phenoxy) is 2. The molecule has 1 atom stereocenters. The van der Waals surface area contributed by atoms with Crippen LogP contribution in [0, 0.1) is 0 Å². The SMILES string of the molecule is COC(=O)[C@@H]1C(=O)CCc2ccc(OC)cc21. The number of hydrogen-bond donors (Lipinski definition) is 0. The predicted octanol–water partition coefficient (Wildman–Crippen LogP) is 1.47. The summed E-state index contributed by atoms with van der Waals surface area (Å²) in [6.45, 7) is 0. The first-order chi connectivity index (χ1) is 8.17. The van der Waals surface area contributed by atoms with Gasteiger partial charge in [-0.3, -0.25) is 9.59 Å². The molecule has 1 aliphatic rings. The fraction of sp³-hybridized carbons (Fsp3) is 0.385. The second kappa shape index (κ2) is 4.57. The molecule has 0 heterocycles. The summed E-state index contributed by atoms with van der Waals surface area (Å²) in [5.74, 6) is -0.729. The standard InChI is InChI=1S/C13H14O4/c1-16-9-5-3-8-4-6-11(14)12(10(8)7-9)13(15)17-2/h3,5,7,12H,4,6H2,1-2H3/t12-/m0/s1. The topological polar surface area (TPSA) is 52.6 Å². The van der Waals surface area contributed by atoms with Gasteiger partial charge >= 0.3 is 5.97 Å². The number of hydrogen-bond acceptors (Lipinski definition) is 4. The van der Waals surface area contributed by atoms with Gasteiger partial charge in [-0.05, 0) is 29.7 Å². The lowest BCUT2D eigenvalue weighted by molar-refractivity contribution is -0.146. The van der Waals surface area contributed by atoms with Gasteiger partial charge in [0.15, 0.2) is 5.78 Å². The molecule has 0 aliphatic heterocycles. The summed E-state index contributed by atoms with van der Waals surface area (Å²) in [5, 5.41) is 0. The van der Waals surface area contributed by atoms with E-state index in [1.165, 1.54) is 7.11 Å². The van der Waals surface area contributed by atoms with E-state index in [9.17, 15) is 9.59 Å². The number of fused-ring (bicyclic) bond motifs is 1. The first kappa shape index (κ1) is 11.6. The average Bonchev–Trinajstić information content (AvgIpc) is 2.37. The van der Waals surface area contributed by atoms with Crippen LogP contribution in [0.25, 0.3) is 0 Å². The number of methoxy groups -OCH3 is 2. The minimum atomic E-state index is -0.793. The van der Waals surface area contributed by atoms with Crippen LogP contribution in [0.4, 0.5) is 0 Å². The summed E-state index contributed by atoms with van der Waals surface area (Å²) in [5.41, 5.74) is 1.73. The fourth-order valence-electron chi connectivity index (χ4n) is 2.15. The molecule has 0 saturated heterocycles. The Morgan fingerprint density at radius 3 is 2.71 bits per heavy atom. The second-order valence-corrected chi connectivity index (χ2v) is 3.99. The Hall–Kier alpha value is -1.84. The van der Waals surface area contributed by atoms with E-state index in [0.717, 1.165) is 5.56 Å². The van der Waals surface area contributed by atoms with E-state index in [2.05, 4.69) is 4.74 Å². The lowest BCUT2D eigenvalue weighted by atomic mass is 9.82. The summed E-state index contributed by atoms with van der Waals surface area (Å²) >= 11 is 0. The number of ketones is 1. The third-order valence-electron chi connectivity index (χ3n) is 3.06. The Morgan fingerprint density at radius 2 is 2.06 bits per heavy atom. The van der Waals surface area contributed by atoms with Crippen molar-refractivity contribution in [3.05, 3.63) is 29.3 Å². The molecule has 1 aliphatic carbocycles. The lowest BCUT2D eigenvalue weighted by Gasteiger charge is -2.22. The molecule has 0 unspecified atom stereocenters. The number of Topliss-reactive ketones (excluding diaryl/α,β-unsaturated/α-hetero) is 1. The molecular formula is C13H14O4. The summed E-state index contributed by atoms with van der Waals surface area (Å²) in [6, 6.07) is 5.48. The van der Waals surface area contributed by atoms with Crippen LogP contribution in [-0.4, -0.2) is 26.0 Å². The molecule has 4 heteroatoms. The highest BCUT2D eigenvalue weighted by Crippen LogP contribution is 2.32. The molecule has 0 bridgehead atoms. The lowest BCUT2D eigenvalue weighted by Crippen LogP contribution is -2.28. The third-order valence-corrected chi connectivity index (χ3v) is 3.06. The van der Waals surface area contributed by atoms with Crippen LogP contribution in [0.5, 0.6) is 5.75 Å². The fourth-order valence-corrected chi connectivity index (χ4v) is 2.15. The minimum absolute atomic E-state index is 0.0856. The quantitative estimate of drug-likeness (QED) is 0.574. The molecule has 0 saturated carbocycles. The molecule has 2 rings (SSSR count). The zero-order chi connectivity index (χ0) is 12.4. The molecule has 4 nitrogen and oxygen atoms in total. The molecule has 0 amide bonds. The average molecular weight is 234 g/mol. The van der Waals surface area contributed by atoms with Crippen molar-refractivity contribution in [2.45, 2.75) is 18.8 Å². The highest BCUT2D eigenvalue weighted by atomic mass is 16.5. The zero-order valence-corrected chi connectivity index (χ0v) is 9.86. The summed E-state index contributed by atoms with van der Waals surface area (Å²) < 4.78 is 9.80. The van der Waals surface area contributed by atoms with Crippen molar-refractivity contribution < 1.29 is 19.1 Å². The van der Waals surface area contributed by atoms with Crippen molar-refractivity contribution in [3.63, 3.8) is 0 Å². The van der Waals surface area contributed by atoms with Gasteiger partial charge in [0.2, 0.25) is 0 Å². The monoisotopic (exact) mass is 234 g/mol. The number of carbonyl (C=O) groups excluding carboxylic acids is 2. The van der Waals surface area contributed by atoms with Crippen LogP contribution >= 0.6 is 0 Å². The Bertz CT molecular complexity index is 464. The predicted molar refractivity (Wildman–Crippen MR) is 61.1 cm³/mol. The molecule has 0 radical (unpaired) electrons. The van der Waals surface area contributed by atoms with E-state index in [0.29, 0.717) is 24.2 Å². The highest BCUT2D eigenvalue weighted by molar-refractivity contribution is 6.05. The number of esters is 1. The summed E-state index contributed by atoms with van der Waals surface area (Å²) in [7, 11) is 2.85. The van der Waals surface area contributed by atoms with Crippen LogP contribution < -0.4 is 4.74 Å². The van der Waals surface area contributed by atoms with Crippen molar-refractivity contribution in [2.75, 3.05) is 14.2 Å². The van der Waals surface area contributed by atoms with Gasteiger partial charge in [-0.2, -0.15) is 0 Å². The first-order valence-electron chi connectivity index (χ1n) is 5.44. The van der Waals surface area contributed by atoms with Crippen molar-refractivity contribution in [2.24, 2.45) is 0 Å². The van der Waals surface area contributed by atoms with E-state index >= 15 is 0 Å². The van der Waals surface area contributed by atoms with Gasteiger partial charge in [-0.25, -0.2) is 0 Å². The summed E-state index contributed by atoms with van der Waals surface area (Å²) in [6.07, 6.45) is 1.06. The summed E-state index contributed by atoms with van der Waals surface area (Å²) in [4.78, 5) is 23.5. The largest absolute Gasteiger partial charge is 0.497 e. The molecule has 1 aromatic carbocycles. The molecule has 1 aromatic rings. The molecule has 90 valence electrons. The Kier molecular flexibility index (Phi) is 3.13. The van der Waals surface area contributed by atoms with Crippen LogP contribution in [0.2, 0.25) is 0 Å². The third kappa shape index (κ3) is 2.02. The number of carbonyl (C=O) groups is 2. The molecule has 17 heavy (non-hydrogen) atoms. The van der Waals surface area contributed by atoms with E-state index < -0.39 is 11.9 Å². The van der Waals surface area contributed by atoms with E-state index in [-0.39, 0.29) is 5.78 Å². The van der Waals surface area contributed by atoms with Crippen LogP contribution in [0.15, 0.2) is 18.2 Å². The minimum Gasteiger partial charge on any atom is -0.497 e. The van der Waals surface area contributed by atoms with Crippen molar-refractivity contribution in [3.8, 4) is 5.75 Å². The highest BCUT2D eigenvalue weighted by Gasteiger charge is 2.34. The van der Waals surface area contributed by atoms with Crippen LogP contribution in [0.3, 0.4) is 0 Å². The van der Waals surface area contributed by atoms with Gasteiger partial charge in [-0.15, -0.1) is 0 Å². The Labute approximate surface area is 99.5 Å². The molecule has 0 aromatic heterocycles. The molecular weight excluding hydrogens is 220 g/mol. The molecule has 0 N–H and O–H groups in total.